The van der Waals surface area contributed by atoms with Gasteiger partial charge in [-0.2, -0.15) is 4.31 Å². The van der Waals surface area contributed by atoms with Crippen molar-refractivity contribution in [1.82, 2.24) is 14.9 Å². The number of sulfonamides is 1. The lowest BCUT2D eigenvalue weighted by Gasteiger charge is -2.39. The molecule has 118 valence electrons. The van der Waals surface area contributed by atoms with Crippen LogP contribution in [0.25, 0.3) is 0 Å². The third-order valence-electron chi connectivity index (χ3n) is 4.81. The first-order valence-electron chi connectivity index (χ1n) is 7.57. The van der Waals surface area contributed by atoms with Gasteiger partial charge in [-0.3, -0.25) is 10.1 Å². The molecule has 2 saturated heterocycles. The van der Waals surface area contributed by atoms with E-state index >= 15 is 0 Å². The second kappa shape index (κ2) is 5.24. The zero-order valence-corrected chi connectivity index (χ0v) is 12.7. The largest absolute Gasteiger partial charge is 0.322 e. The number of hydrogen-bond donors (Lipinski definition) is 2. The first-order chi connectivity index (χ1) is 9.94. The van der Waals surface area contributed by atoms with Gasteiger partial charge in [0.2, 0.25) is 10.0 Å². The summed E-state index contributed by atoms with van der Waals surface area (Å²) in [5.41, 5.74) is -1.07. The van der Waals surface area contributed by atoms with E-state index in [1.54, 1.807) is 0 Å². The molecule has 3 aliphatic rings. The summed E-state index contributed by atoms with van der Waals surface area (Å²) in [5.74, 6) is -0.406. The van der Waals surface area contributed by atoms with Gasteiger partial charge in [0.15, 0.2) is 0 Å². The van der Waals surface area contributed by atoms with E-state index < -0.39 is 27.5 Å². The summed E-state index contributed by atoms with van der Waals surface area (Å²) in [6.45, 7) is 0.493. The molecule has 3 rings (SSSR count). The highest BCUT2D eigenvalue weighted by Crippen LogP contribution is 2.31. The van der Waals surface area contributed by atoms with Crippen molar-refractivity contribution in [3.05, 3.63) is 0 Å². The van der Waals surface area contributed by atoms with Crippen LogP contribution in [0.5, 0.6) is 0 Å². The molecule has 0 radical (unpaired) electrons. The minimum absolute atomic E-state index is 0.0589. The summed E-state index contributed by atoms with van der Waals surface area (Å²) in [4.78, 5) is 23.4. The molecular weight excluding hydrogens is 294 g/mol. The Morgan fingerprint density at radius 2 is 1.81 bits per heavy atom. The van der Waals surface area contributed by atoms with Gasteiger partial charge in [0.25, 0.3) is 5.91 Å². The van der Waals surface area contributed by atoms with Crippen molar-refractivity contribution < 1.29 is 18.0 Å². The summed E-state index contributed by atoms with van der Waals surface area (Å²) < 4.78 is 26.9. The first-order valence-corrected chi connectivity index (χ1v) is 9.07. The van der Waals surface area contributed by atoms with Crippen LogP contribution in [0.3, 0.4) is 0 Å². The number of carbonyl (C=O) groups is 2. The van der Waals surface area contributed by atoms with E-state index in [0.717, 1.165) is 19.3 Å². The van der Waals surface area contributed by atoms with Gasteiger partial charge < -0.3 is 5.32 Å². The molecule has 0 aromatic rings. The van der Waals surface area contributed by atoms with Crippen molar-refractivity contribution in [2.24, 2.45) is 0 Å². The Labute approximate surface area is 124 Å². The molecule has 1 spiro atoms. The van der Waals surface area contributed by atoms with Gasteiger partial charge in [-0.1, -0.05) is 19.3 Å². The number of imide groups is 1. The van der Waals surface area contributed by atoms with E-state index in [2.05, 4.69) is 10.6 Å². The smallest absolute Gasteiger partial charge is 0.322 e. The Balaban J connectivity index is 1.79. The molecule has 0 aromatic carbocycles. The summed E-state index contributed by atoms with van der Waals surface area (Å²) in [7, 11) is -3.39. The van der Waals surface area contributed by atoms with Crippen LogP contribution >= 0.6 is 0 Å². The molecule has 3 amide bonds. The number of rotatable bonds is 2. The highest BCUT2D eigenvalue weighted by Gasteiger charge is 2.51. The van der Waals surface area contributed by atoms with Crippen LogP contribution < -0.4 is 10.6 Å². The maximum atomic E-state index is 12.8. The molecule has 2 aliphatic heterocycles. The third-order valence-corrected chi connectivity index (χ3v) is 7.15. The van der Waals surface area contributed by atoms with Crippen LogP contribution in [0.15, 0.2) is 0 Å². The fraction of sp³-hybridized carbons (Fsp3) is 0.846. The van der Waals surface area contributed by atoms with E-state index in [-0.39, 0.29) is 11.8 Å². The maximum absolute atomic E-state index is 12.8. The van der Waals surface area contributed by atoms with Crippen molar-refractivity contribution in [2.75, 3.05) is 13.1 Å². The minimum Gasteiger partial charge on any atom is -0.322 e. The molecule has 0 aromatic heterocycles. The highest BCUT2D eigenvalue weighted by atomic mass is 32.2. The van der Waals surface area contributed by atoms with Crippen LogP contribution in [0.2, 0.25) is 0 Å². The molecule has 1 aliphatic carbocycles. The molecule has 2 N–H and O–H groups in total. The van der Waals surface area contributed by atoms with Crippen molar-refractivity contribution in [3.63, 3.8) is 0 Å². The van der Waals surface area contributed by atoms with E-state index in [4.69, 9.17) is 0 Å². The van der Waals surface area contributed by atoms with Gasteiger partial charge in [0.1, 0.15) is 5.54 Å². The predicted molar refractivity (Wildman–Crippen MR) is 76.0 cm³/mol. The van der Waals surface area contributed by atoms with E-state index in [1.807, 2.05) is 0 Å². The molecule has 3 fully saturated rings. The number of carbonyl (C=O) groups excluding carboxylic acids is 2. The molecule has 0 bridgehead atoms. The van der Waals surface area contributed by atoms with Gasteiger partial charge >= 0.3 is 6.03 Å². The van der Waals surface area contributed by atoms with Crippen molar-refractivity contribution >= 4 is 22.0 Å². The van der Waals surface area contributed by atoms with Gasteiger partial charge in [-0.25, -0.2) is 13.2 Å². The van der Waals surface area contributed by atoms with E-state index in [9.17, 15) is 18.0 Å². The Bertz CT molecular complexity index is 556. The van der Waals surface area contributed by atoms with Gasteiger partial charge in [0.05, 0.1) is 5.25 Å². The third kappa shape index (κ3) is 2.55. The lowest BCUT2D eigenvalue weighted by Crippen LogP contribution is -2.60. The Morgan fingerprint density at radius 1 is 1.10 bits per heavy atom. The van der Waals surface area contributed by atoms with Gasteiger partial charge in [-0.05, 0) is 25.7 Å². The topological polar surface area (TPSA) is 95.6 Å². The fourth-order valence-electron chi connectivity index (χ4n) is 3.62. The number of nitrogens with zero attached hydrogens (tertiary/aromatic N) is 1. The number of urea groups is 1. The fourth-order valence-corrected chi connectivity index (χ4v) is 5.76. The van der Waals surface area contributed by atoms with Crippen molar-refractivity contribution in [2.45, 2.75) is 55.7 Å². The summed E-state index contributed by atoms with van der Waals surface area (Å²) >= 11 is 0. The zero-order chi connectivity index (χ0) is 15.1. The minimum atomic E-state index is -3.39. The standard InChI is InChI=1S/C13H21N3O4S/c17-11-13(15-12(18)14-11)7-4-8-16(9-13)21(19,20)10-5-2-1-3-6-10/h10H,1-9H2,(H2,14,15,17,18). The molecule has 1 atom stereocenters. The number of piperidine rings is 1. The van der Waals surface area contributed by atoms with Crippen molar-refractivity contribution in [3.8, 4) is 0 Å². The SMILES string of the molecule is O=C1NC(=O)C2(CCCN(S(=O)(=O)C3CCCCC3)C2)N1. The average Bonchev–Trinajstić information content (AvgIpc) is 2.73. The second-order valence-corrected chi connectivity index (χ2v) is 8.45. The summed E-state index contributed by atoms with van der Waals surface area (Å²) in [5, 5.41) is 4.50. The quantitative estimate of drug-likeness (QED) is 0.718. The summed E-state index contributed by atoms with van der Waals surface area (Å²) in [6.07, 6.45) is 5.45. The molecule has 21 heavy (non-hydrogen) atoms. The number of amides is 3. The molecule has 1 unspecified atom stereocenters. The molecule has 7 nitrogen and oxygen atoms in total. The average molecular weight is 315 g/mol. The predicted octanol–water partition coefficient (Wildman–Crippen LogP) is 0.323. The van der Waals surface area contributed by atoms with Crippen LogP contribution in [-0.2, 0) is 14.8 Å². The Hall–Kier alpha value is -1.15. The summed E-state index contributed by atoms with van der Waals surface area (Å²) in [6, 6.07) is -0.531. The molecular formula is C13H21N3O4S. The second-order valence-electron chi connectivity index (χ2n) is 6.23. The highest BCUT2D eigenvalue weighted by molar-refractivity contribution is 7.89. The van der Waals surface area contributed by atoms with Gasteiger partial charge in [-0.15, -0.1) is 0 Å². The van der Waals surface area contributed by atoms with E-state index in [1.165, 1.54) is 4.31 Å². The Morgan fingerprint density at radius 3 is 2.43 bits per heavy atom. The monoisotopic (exact) mass is 315 g/mol. The normalized spacial score (nSPS) is 32.2. The lowest BCUT2D eigenvalue weighted by atomic mass is 9.90. The Kier molecular flexibility index (Phi) is 3.69. The number of hydrogen-bond acceptors (Lipinski definition) is 4. The first kappa shape index (κ1) is 14.8. The maximum Gasteiger partial charge on any atom is 0.322 e. The molecule has 1 saturated carbocycles. The van der Waals surface area contributed by atoms with Crippen LogP contribution in [0, 0.1) is 0 Å². The molecule has 2 heterocycles. The number of nitrogens with one attached hydrogen (secondary N) is 2. The molecule has 8 heteroatoms. The zero-order valence-electron chi connectivity index (χ0n) is 11.9. The van der Waals surface area contributed by atoms with Gasteiger partial charge in [0, 0.05) is 13.1 Å². The van der Waals surface area contributed by atoms with Crippen LogP contribution in [0.4, 0.5) is 4.79 Å². The van der Waals surface area contributed by atoms with Crippen LogP contribution in [-0.4, -0.2) is 48.5 Å². The van der Waals surface area contributed by atoms with Crippen LogP contribution in [0.1, 0.15) is 44.9 Å². The van der Waals surface area contributed by atoms with E-state index in [0.29, 0.717) is 32.2 Å². The van der Waals surface area contributed by atoms with Crippen molar-refractivity contribution in [1.29, 1.82) is 0 Å². The lowest BCUT2D eigenvalue weighted by molar-refractivity contribution is -0.125.